The highest BCUT2D eigenvalue weighted by Crippen LogP contribution is 2.31. The van der Waals surface area contributed by atoms with Gasteiger partial charge in [-0.2, -0.15) is 0 Å². The minimum atomic E-state index is 0.629. The number of aromatic nitrogens is 1. The Labute approximate surface area is 131 Å². The van der Waals surface area contributed by atoms with Crippen molar-refractivity contribution in [2.75, 3.05) is 12.4 Å². The number of azo groups is 1. The molecule has 0 saturated heterocycles. The van der Waals surface area contributed by atoms with E-state index in [-0.39, 0.29) is 0 Å². The molecule has 1 aromatic heterocycles. The maximum Gasteiger partial charge on any atom is 0.231 e. The van der Waals surface area contributed by atoms with Gasteiger partial charge >= 0.3 is 0 Å². The van der Waals surface area contributed by atoms with Crippen molar-refractivity contribution in [1.29, 1.82) is 0 Å². The number of fused-ring (bicyclic) bond motifs is 1. The molecule has 106 valence electrons. The van der Waals surface area contributed by atoms with Crippen molar-refractivity contribution in [3.8, 4) is 0 Å². The number of hydrogen-bond acceptors (Lipinski definition) is 5. The second kappa shape index (κ2) is 5.79. The van der Waals surface area contributed by atoms with E-state index >= 15 is 0 Å². The maximum atomic E-state index is 5.97. The molecular weight excluding hydrogens is 304 g/mol. The standard InChI is InChI=1S/C15H13ClN4S/c1-9-7-11(17-2)4-6-12(9)19-20-15-18-13-5-3-10(16)8-14(13)21-15/h3-8,17H,1-2H3. The van der Waals surface area contributed by atoms with E-state index in [2.05, 4.69) is 20.5 Å². The summed E-state index contributed by atoms with van der Waals surface area (Å²) in [5.41, 5.74) is 3.85. The molecule has 1 N–H and O–H groups in total. The third-order valence-electron chi connectivity index (χ3n) is 3.07. The molecule has 21 heavy (non-hydrogen) atoms. The van der Waals surface area contributed by atoms with Crippen LogP contribution in [-0.2, 0) is 0 Å². The van der Waals surface area contributed by atoms with Gasteiger partial charge in [-0.15, -0.1) is 10.2 Å². The zero-order valence-corrected chi connectivity index (χ0v) is 13.2. The predicted molar refractivity (Wildman–Crippen MR) is 89.5 cm³/mol. The summed E-state index contributed by atoms with van der Waals surface area (Å²) < 4.78 is 1.01. The fourth-order valence-corrected chi connectivity index (χ4v) is 3.01. The Balaban J connectivity index is 1.90. The molecule has 0 spiro atoms. The van der Waals surface area contributed by atoms with E-state index in [4.69, 9.17) is 11.6 Å². The van der Waals surface area contributed by atoms with E-state index in [1.807, 2.05) is 50.4 Å². The SMILES string of the molecule is CNc1ccc(N=Nc2nc3ccc(Cl)cc3s2)c(C)c1. The number of hydrogen-bond donors (Lipinski definition) is 1. The Morgan fingerprint density at radius 3 is 2.76 bits per heavy atom. The fourth-order valence-electron chi connectivity index (χ4n) is 1.95. The Bertz CT molecular complexity index is 826. The topological polar surface area (TPSA) is 49.6 Å². The Morgan fingerprint density at radius 2 is 2.00 bits per heavy atom. The van der Waals surface area contributed by atoms with E-state index in [0.29, 0.717) is 10.2 Å². The zero-order valence-electron chi connectivity index (χ0n) is 11.6. The number of halogens is 1. The van der Waals surface area contributed by atoms with Crippen LogP contribution in [-0.4, -0.2) is 12.0 Å². The van der Waals surface area contributed by atoms with Gasteiger partial charge in [0.05, 0.1) is 15.9 Å². The molecular formula is C15H13ClN4S. The first-order chi connectivity index (χ1) is 10.2. The largest absolute Gasteiger partial charge is 0.388 e. The van der Waals surface area contributed by atoms with Gasteiger partial charge in [0.15, 0.2) is 0 Å². The van der Waals surface area contributed by atoms with Gasteiger partial charge in [0.2, 0.25) is 5.13 Å². The van der Waals surface area contributed by atoms with Crippen molar-refractivity contribution in [3.63, 3.8) is 0 Å². The molecule has 6 heteroatoms. The summed E-state index contributed by atoms with van der Waals surface area (Å²) >= 11 is 7.45. The summed E-state index contributed by atoms with van der Waals surface area (Å²) in [6, 6.07) is 11.5. The number of rotatable bonds is 3. The Kier molecular flexibility index (Phi) is 3.86. The van der Waals surface area contributed by atoms with Crippen LogP contribution in [0.15, 0.2) is 46.6 Å². The predicted octanol–water partition coefficient (Wildman–Crippen LogP) is 5.72. The van der Waals surface area contributed by atoms with Gasteiger partial charge in [-0.25, -0.2) is 4.98 Å². The quantitative estimate of drug-likeness (QED) is 0.629. The first-order valence-corrected chi connectivity index (χ1v) is 7.61. The molecule has 0 atom stereocenters. The maximum absolute atomic E-state index is 5.97. The van der Waals surface area contributed by atoms with Gasteiger partial charge < -0.3 is 5.32 Å². The molecule has 0 saturated carbocycles. The Morgan fingerprint density at radius 1 is 1.14 bits per heavy atom. The van der Waals surface area contributed by atoms with Gasteiger partial charge in [0, 0.05) is 17.8 Å². The van der Waals surface area contributed by atoms with Crippen LogP contribution in [0.4, 0.5) is 16.5 Å². The second-order valence-electron chi connectivity index (χ2n) is 4.56. The van der Waals surface area contributed by atoms with E-state index in [1.54, 1.807) is 0 Å². The number of aryl methyl sites for hydroxylation is 1. The zero-order chi connectivity index (χ0) is 14.8. The van der Waals surface area contributed by atoms with Crippen LogP contribution >= 0.6 is 22.9 Å². The van der Waals surface area contributed by atoms with Crippen LogP contribution in [0.1, 0.15) is 5.56 Å². The molecule has 0 aliphatic carbocycles. The highest BCUT2D eigenvalue weighted by Gasteiger charge is 2.04. The number of nitrogens with zero attached hydrogens (tertiary/aromatic N) is 3. The monoisotopic (exact) mass is 316 g/mol. The first kappa shape index (κ1) is 14.0. The van der Waals surface area contributed by atoms with E-state index in [9.17, 15) is 0 Å². The summed E-state index contributed by atoms with van der Waals surface area (Å²) in [6.45, 7) is 2.01. The third kappa shape index (κ3) is 3.04. The lowest BCUT2D eigenvalue weighted by molar-refractivity contribution is 1.19. The molecule has 3 aromatic rings. The van der Waals surface area contributed by atoms with Crippen LogP contribution in [0.2, 0.25) is 5.02 Å². The molecule has 0 amide bonds. The van der Waals surface area contributed by atoms with Gasteiger partial charge in [-0.3, -0.25) is 0 Å². The molecule has 0 radical (unpaired) electrons. The summed E-state index contributed by atoms with van der Waals surface area (Å²) in [5.74, 6) is 0. The molecule has 1 heterocycles. The first-order valence-electron chi connectivity index (χ1n) is 6.42. The van der Waals surface area contributed by atoms with Crippen molar-refractivity contribution < 1.29 is 0 Å². The summed E-state index contributed by atoms with van der Waals surface area (Å²) in [5, 5.41) is 12.9. The number of nitrogens with one attached hydrogen (secondary N) is 1. The molecule has 0 fully saturated rings. The average Bonchev–Trinajstić information content (AvgIpc) is 2.87. The fraction of sp³-hybridized carbons (Fsp3) is 0.133. The van der Waals surface area contributed by atoms with Crippen molar-refractivity contribution in [3.05, 3.63) is 47.0 Å². The lowest BCUT2D eigenvalue weighted by atomic mass is 10.2. The third-order valence-corrected chi connectivity index (χ3v) is 4.21. The van der Waals surface area contributed by atoms with E-state index < -0.39 is 0 Å². The van der Waals surface area contributed by atoms with Crippen molar-refractivity contribution >= 4 is 49.7 Å². The normalized spacial score (nSPS) is 11.4. The van der Waals surface area contributed by atoms with Crippen molar-refractivity contribution in [2.45, 2.75) is 6.92 Å². The lowest BCUT2D eigenvalue weighted by Gasteiger charge is -2.02. The van der Waals surface area contributed by atoms with Crippen LogP contribution in [0.25, 0.3) is 10.2 Å². The smallest absolute Gasteiger partial charge is 0.231 e. The molecule has 2 aromatic carbocycles. The highest BCUT2D eigenvalue weighted by atomic mass is 35.5. The summed E-state index contributed by atoms with van der Waals surface area (Å²) in [6.07, 6.45) is 0. The van der Waals surface area contributed by atoms with E-state index in [0.717, 1.165) is 27.2 Å². The van der Waals surface area contributed by atoms with E-state index in [1.165, 1.54) is 11.3 Å². The Hall–Kier alpha value is -1.98. The molecule has 0 aliphatic rings. The number of benzene rings is 2. The molecule has 0 bridgehead atoms. The van der Waals surface area contributed by atoms with Gasteiger partial charge in [-0.1, -0.05) is 22.9 Å². The summed E-state index contributed by atoms with van der Waals surface area (Å²) in [4.78, 5) is 4.42. The van der Waals surface area contributed by atoms with Crippen molar-refractivity contribution in [2.24, 2.45) is 10.2 Å². The summed E-state index contributed by atoms with van der Waals surface area (Å²) in [7, 11) is 1.89. The molecule has 0 unspecified atom stereocenters. The van der Waals surface area contributed by atoms with Gasteiger partial charge in [-0.05, 0) is 48.9 Å². The number of thiazole rings is 1. The highest BCUT2D eigenvalue weighted by molar-refractivity contribution is 7.21. The van der Waals surface area contributed by atoms with Gasteiger partial charge in [0.25, 0.3) is 0 Å². The van der Waals surface area contributed by atoms with Crippen LogP contribution < -0.4 is 5.32 Å². The minimum absolute atomic E-state index is 0.629. The minimum Gasteiger partial charge on any atom is -0.388 e. The van der Waals surface area contributed by atoms with Crippen LogP contribution in [0, 0.1) is 6.92 Å². The lowest BCUT2D eigenvalue weighted by Crippen LogP contribution is -1.87. The van der Waals surface area contributed by atoms with Crippen molar-refractivity contribution in [1.82, 2.24) is 4.98 Å². The molecule has 0 aliphatic heterocycles. The van der Waals surface area contributed by atoms with Crippen LogP contribution in [0.3, 0.4) is 0 Å². The van der Waals surface area contributed by atoms with Gasteiger partial charge in [0.1, 0.15) is 0 Å². The average molecular weight is 317 g/mol. The molecule has 4 nitrogen and oxygen atoms in total. The molecule has 3 rings (SSSR count). The van der Waals surface area contributed by atoms with Crippen LogP contribution in [0.5, 0.6) is 0 Å². The second-order valence-corrected chi connectivity index (χ2v) is 6.01. The number of anilines is 1.